The fourth-order valence-corrected chi connectivity index (χ4v) is 7.14. The molecule has 1 fully saturated rings. The van der Waals surface area contributed by atoms with E-state index in [0.717, 1.165) is 33.2 Å². The quantitative estimate of drug-likeness (QED) is 0.349. The SMILES string of the molecule is Cc1cc(S(=O)(=O)N2CCC(c3c[nH]c4c(C(N)=O)cc(-c5ccccc5)cc34)CC2)c(C)cc1Cl. The smallest absolute Gasteiger partial charge is 0.250 e. The van der Waals surface area contributed by atoms with Gasteiger partial charge in [-0.2, -0.15) is 4.31 Å². The number of carbonyl (C=O) groups excluding carboxylic acids is 1. The van der Waals surface area contributed by atoms with Gasteiger partial charge in [0, 0.05) is 29.7 Å². The number of hydrogen-bond donors (Lipinski definition) is 2. The third kappa shape index (κ3) is 4.32. The van der Waals surface area contributed by atoms with E-state index in [4.69, 9.17) is 17.3 Å². The van der Waals surface area contributed by atoms with Crippen molar-refractivity contribution in [1.82, 2.24) is 9.29 Å². The van der Waals surface area contributed by atoms with Crippen molar-refractivity contribution < 1.29 is 13.2 Å². The molecule has 1 saturated heterocycles. The van der Waals surface area contributed by atoms with E-state index in [0.29, 0.717) is 47.0 Å². The van der Waals surface area contributed by atoms with Gasteiger partial charge in [-0.15, -0.1) is 0 Å². The Morgan fingerprint density at radius 3 is 2.36 bits per heavy atom. The van der Waals surface area contributed by atoms with Gasteiger partial charge >= 0.3 is 0 Å². The zero-order valence-corrected chi connectivity index (χ0v) is 21.8. The Morgan fingerprint density at radius 2 is 1.69 bits per heavy atom. The first-order valence-corrected chi connectivity index (χ1v) is 13.8. The maximum Gasteiger partial charge on any atom is 0.250 e. The van der Waals surface area contributed by atoms with E-state index in [1.54, 1.807) is 23.4 Å². The molecule has 2 heterocycles. The van der Waals surface area contributed by atoms with Crippen LogP contribution in [-0.2, 0) is 10.0 Å². The minimum Gasteiger partial charge on any atom is -0.366 e. The Kier molecular flexibility index (Phi) is 6.41. The number of primary amides is 1. The zero-order chi connectivity index (χ0) is 25.6. The molecule has 8 heteroatoms. The number of benzene rings is 3. The number of hydrogen-bond acceptors (Lipinski definition) is 3. The van der Waals surface area contributed by atoms with Gasteiger partial charge < -0.3 is 10.7 Å². The number of carbonyl (C=O) groups is 1. The third-order valence-electron chi connectivity index (χ3n) is 7.16. The van der Waals surface area contributed by atoms with Crippen molar-refractivity contribution >= 4 is 38.4 Å². The number of amides is 1. The van der Waals surface area contributed by atoms with Crippen LogP contribution in [0.1, 0.15) is 45.8 Å². The molecule has 0 spiro atoms. The maximum absolute atomic E-state index is 13.4. The van der Waals surface area contributed by atoms with Crippen molar-refractivity contribution in [3.05, 3.63) is 88.1 Å². The molecule has 6 nitrogen and oxygen atoms in total. The lowest BCUT2D eigenvalue weighted by atomic mass is 9.88. The topological polar surface area (TPSA) is 96.3 Å². The number of nitrogens with one attached hydrogen (secondary N) is 1. The molecule has 1 aliphatic rings. The van der Waals surface area contributed by atoms with Gasteiger partial charge in [-0.25, -0.2) is 8.42 Å². The van der Waals surface area contributed by atoms with Crippen molar-refractivity contribution in [3.8, 4) is 11.1 Å². The summed E-state index contributed by atoms with van der Waals surface area (Å²) in [7, 11) is -3.62. The molecule has 4 aromatic rings. The molecule has 1 amide bonds. The summed E-state index contributed by atoms with van der Waals surface area (Å²) in [6.45, 7) is 4.43. The van der Waals surface area contributed by atoms with Crippen molar-refractivity contribution in [2.24, 2.45) is 5.73 Å². The van der Waals surface area contributed by atoms with Crippen LogP contribution in [-0.4, -0.2) is 36.7 Å². The fraction of sp³-hybridized carbons (Fsp3) is 0.250. The predicted octanol–water partition coefficient (Wildman–Crippen LogP) is 5.77. The monoisotopic (exact) mass is 521 g/mol. The highest BCUT2D eigenvalue weighted by atomic mass is 35.5. The number of aromatic nitrogens is 1. The number of piperidine rings is 1. The number of nitrogens with zero attached hydrogens (tertiary/aromatic N) is 1. The first kappa shape index (κ1) is 24.6. The molecule has 1 aromatic heterocycles. The van der Waals surface area contributed by atoms with E-state index in [1.165, 1.54) is 0 Å². The molecule has 186 valence electrons. The molecule has 0 saturated carbocycles. The first-order valence-electron chi connectivity index (χ1n) is 11.9. The lowest BCUT2D eigenvalue weighted by Gasteiger charge is -2.31. The number of sulfonamides is 1. The molecule has 1 aliphatic heterocycles. The van der Waals surface area contributed by atoms with Crippen LogP contribution in [0.2, 0.25) is 5.02 Å². The minimum absolute atomic E-state index is 0.157. The summed E-state index contributed by atoms with van der Waals surface area (Å²) in [5, 5.41) is 1.52. The van der Waals surface area contributed by atoms with Gasteiger partial charge in [0.2, 0.25) is 10.0 Å². The van der Waals surface area contributed by atoms with Crippen LogP contribution in [0.5, 0.6) is 0 Å². The Morgan fingerprint density at radius 1 is 1.00 bits per heavy atom. The van der Waals surface area contributed by atoms with Crippen molar-refractivity contribution in [2.75, 3.05) is 13.1 Å². The van der Waals surface area contributed by atoms with Crippen LogP contribution in [0.3, 0.4) is 0 Å². The largest absolute Gasteiger partial charge is 0.366 e. The number of H-pyrrole nitrogens is 1. The maximum atomic E-state index is 13.4. The van der Waals surface area contributed by atoms with Crippen LogP contribution < -0.4 is 5.73 Å². The molecule has 3 aromatic carbocycles. The van der Waals surface area contributed by atoms with E-state index in [1.807, 2.05) is 49.5 Å². The summed E-state index contributed by atoms with van der Waals surface area (Å²) in [5.74, 6) is -0.328. The van der Waals surface area contributed by atoms with Crippen LogP contribution in [0.25, 0.3) is 22.0 Å². The second-order valence-electron chi connectivity index (χ2n) is 9.47. The summed E-state index contributed by atoms with van der Waals surface area (Å²) in [5.41, 5.74) is 11.3. The molecular weight excluding hydrogens is 494 g/mol. The standard InChI is InChI=1S/C28H28ClN3O3S/c1-17-13-26(18(2)12-25(17)29)36(34,35)32-10-8-20(9-11-32)24-16-31-27-22(24)14-21(15-23(27)28(30)33)19-6-4-3-5-7-19/h3-7,12-16,20,31H,8-11H2,1-2H3,(H2,30,33). The van der Waals surface area contributed by atoms with Gasteiger partial charge in [-0.1, -0.05) is 41.9 Å². The number of halogens is 1. The Hall–Kier alpha value is -3.13. The lowest BCUT2D eigenvalue weighted by Crippen LogP contribution is -2.38. The molecule has 3 N–H and O–H groups in total. The van der Waals surface area contributed by atoms with E-state index < -0.39 is 15.9 Å². The van der Waals surface area contributed by atoms with Crippen molar-refractivity contribution in [1.29, 1.82) is 0 Å². The Bertz CT molecular complexity index is 1570. The van der Waals surface area contributed by atoms with Crippen LogP contribution >= 0.6 is 11.6 Å². The first-order chi connectivity index (χ1) is 17.2. The average molecular weight is 522 g/mol. The van der Waals surface area contributed by atoms with E-state index >= 15 is 0 Å². The molecule has 0 radical (unpaired) electrons. The fourth-order valence-electron chi connectivity index (χ4n) is 5.16. The second-order valence-corrected chi connectivity index (χ2v) is 11.8. The number of aromatic amines is 1. The van der Waals surface area contributed by atoms with Gasteiger partial charge in [0.05, 0.1) is 16.0 Å². The normalized spacial score (nSPS) is 15.4. The van der Waals surface area contributed by atoms with Crippen LogP contribution in [0.15, 0.2) is 65.7 Å². The summed E-state index contributed by atoms with van der Waals surface area (Å²) in [6, 6.07) is 17.2. The third-order valence-corrected chi connectivity index (χ3v) is 9.61. The Balaban J connectivity index is 1.45. The molecule has 0 bridgehead atoms. The number of aryl methyl sites for hydroxylation is 2. The highest BCUT2D eigenvalue weighted by molar-refractivity contribution is 7.89. The van der Waals surface area contributed by atoms with Gasteiger partial charge in [-0.05, 0) is 84.7 Å². The molecule has 36 heavy (non-hydrogen) atoms. The summed E-state index contributed by atoms with van der Waals surface area (Å²) < 4.78 is 28.4. The average Bonchev–Trinajstić information content (AvgIpc) is 3.30. The molecule has 0 atom stereocenters. The predicted molar refractivity (Wildman–Crippen MR) is 144 cm³/mol. The van der Waals surface area contributed by atoms with E-state index in [-0.39, 0.29) is 5.92 Å². The van der Waals surface area contributed by atoms with Gasteiger partial charge in [0.15, 0.2) is 0 Å². The van der Waals surface area contributed by atoms with Crippen LogP contribution in [0.4, 0.5) is 0 Å². The number of rotatable bonds is 5. The summed E-state index contributed by atoms with van der Waals surface area (Å²) >= 11 is 6.19. The Labute approximate surface area is 216 Å². The summed E-state index contributed by atoms with van der Waals surface area (Å²) in [6.07, 6.45) is 3.30. The van der Waals surface area contributed by atoms with Crippen molar-refractivity contribution in [3.63, 3.8) is 0 Å². The second kappa shape index (κ2) is 9.39. The molecule has 0 unspecified atom stereocenters. The molecule has 5 rings (SSSR count). The lowest BCUT2D eigenvalue weighted by molar-refractivity contribution is 0.100. The van der Waals surface area contributed by atoms with E-state index in [2.05, 4.69) is 11.1 Å². The number of nitrogens with two attached hydrogens (primary N) is 1. The zero-order valence-electron chi connectivity index (χ0n) is 20.2. The molecular formula is C28H28ClN3O3S. The van der Waals surface area contributed by atoms with Crippen molar-refractivity contribution in [2.45, 2.75) is 37.5 Å². The highest BCUT2D eigenvalue weighted by Crippen LogP contribution is 2.38. The van der Waals surface area contributed by atoms with E-state index in [9.17, 15) is 13.2 Å². The summed E-state index contributed by atoms with van der Waals surface area (Å²) in [4.78, 5) is 15.8. The van der Waals surface area contributed by atoms with Crippen LogP contribution in [0, 0.1) is 13.8 Å². The van der Waals surface area contributed by atoms with Gasteiger partial charge in [0.1, 0.15) is 0 Å². The highest BCUT2D eigenvalue weighted by Gasteiger charge is 2.32. The number of fused-ring (bicyclic) bond motifs is 1. The minimum atomic E-state index is -3.62. The molecule has 0 aliphatic carbocycles. The van der Waals surface area contributed by atoms with Gasteiger partial charge in [0.25, 0.3) is 5.91 Å². The van der Waals surface area contributed by atoms with Gasteiger partial charge in [-0.3, -0.25) is 4.79 Å².